The maximum atomic E-state index is 12.9. The van der Waals surface area contributed by atoms with E-state index in [9.17, 15) is 21.6 Å². The summed E-state index contributed by atoms with van der Waals surface area (Å²) in [5, 5.41) is 12.9. The minimum absolute atomic E-state index is 0.0775. The topological polar surface area (TPSA) is 110 Å². The van der Waals surface area contributed by atoms with Crippen molar-refractivity contribution in [3.05, 3.63) is 35.2 Å². The van der Waals surface area contributed by atoms with Gasteiger partial charge in [-0.05, 0) is 18.2 Å². The average molecular weight is 422 g/mol. The second kappa shape index (κ2) is 6.62. The predicted molar refractivity (Wildman–Crippen MR) is 89.8 cm³/mol. The molecular weight excluding hydrogens is 411 g/mol. The minimum Gasteiger partial charge on any atom is -0.290 e. The lowest BCUT2D eigenvalue weighted by Crippen LogP contribution is -2.12. The van der Waals surface area contributed by atoms with Gasteiger partial charge < -0.3 is 0 Å². The van der Waals surface area contributed by atoms with Crippen LogP contribution in [0.25, 0.3) is 16.7 Å². The maximum Gasteiger partial charge on any atom is 0.433 e. The zero-order valence-electron chi connectivity index (χ0n) is 13.5. The highest BCUT2D eigenvalue weighted by Crippen LogP contribution is 2.33. The summed E-state index contributed by atoms with van der Waals surface area (Å²) in [7, 11) is -3.77. The van der Waals surface area contributed by atoms with Crippen molar-refractivity contribution in [3.63, 3.8) is 0 Å². The van der Waals surface area contributed by atoms with E-state index in [2.05, 4.69) is 15.1 Å². The molecular formula is C14H11ClF3N5O3S. The molecule has 27 heavy (non-hydrogen) atoms. The van der Waals surface area contributed by atoms with Crippen molar-refractivity contribution in [2.45, 2.75) is 18.0 Å². The van der Waals surface area contributed by atoms with Gasteiger partial charge in [-0.15, -0.1) is 0 Å². The summed E-state index contributed by atoms with van der Waals surface area (Å²) < 4.78 is 64.1. The van der Waals surface area contributed by atoms with Crippen LogP contribution in [0.3, 0.4) is 0 Å². The molecule has 0 fully saturated rings. The second-order valence-corrected chi connectivity index (χ2v) is 7.93. The van der Waals surface area contributed by atoms with E-state index in [1.807, 2.05) is 0 Å². The number of alkyl halides is 3. The first-order chi connectivity index (χ1) is 12.6. The molecule has 3 heterocycles. The molecule has 2 N–H and O–H groups in total. The van der Waals surface area contributed by atoms with Gasteiger partial charge >= 0.3 is 6.18 Å². The van der Waals surface area contributed by atoms with Crippen molar-refractivity contribution in [2.24, 2.45) is 0 Å². The molecule has 144 valence electrons. The highest BCUT2D eigenvalue weighted by atomic mass is 35.5. The molecule has 0 aromatic carbocycles. The molecule has 0 atom stereocenters. The van der Waals surface area contributed by atoms with Crippen LogP contribution in [0.15, 0.2) is 29.3 Å². The first-order valence-electron chi connectivity index (χ1n) is 7.34. The molecule has 0 aliphatic carbocycles. The lowest BCUT2D eigenvalue weighted by atomic mass is 10.3. The Labute approximate surface area is 155 Å². The average Bonchev–Trinajstić information content (AvgIpc) is 2.96. The van der Waals surface area contributed by atoms with Crippen LogP contribution >= 0.6 is 11.6 Å². The first kappa shape index (κ1) is 19.3. The Morgan fingerprint density at radius 3 is 2.63 bits per heavy atom. The summed E-state index contributed by atoms with van der Waals surface area (Å²) in [6.07, 6.45) is -3.79. The van der Waals surface area contributed by atoms with Crippen molar-refractivity contribution in [3.8, 4) is 5.82 Å². The number of nitrogens with zero attached hydrogens (tertiary/aromatic N) is 4. The zero-order chi connectivity index (χ0) is 20.0. The van der Waals surface area contributed by atoms with E-state index < -0.39 is 21.7 Å². The van der Waals surface area contributed by atoms with Crippen LogP contribution in [0.4, 0.5) is 19.0 Å². The minimum atomic E-state index is -4.68. The molecule has 3 aromatic rings. The van der Waals surface area contributed by atoms with Gasteiger partial charge in [-0.1, -0.05) is 18.5 Å². The van der Waals surface area contributed by atoms with Gasteiger partial charge in [0, 0.05) is 6.20 Å². The van der Waals surface area contributed by atoms with Crippen LogP contribution in [0, 0.1) is 0 Å². The number of aromatic nitrogens is 4. The smallest absolute Gasteiger partial charge is 0.290 e. The SMILES string of the molecule is CCS(=O)(=O)c1ccc(NO)nc1-n1nc2cc(C(F)(F)F)ncc2c1Cl. The largest absolute Gasteiger partial charge is 0.433 e. The Bertz CT molecular complexity index is 1130. The number of sulfone groups is 1. The zero-order valence-corrected chi connectivity index (χ0v) is 15.1. The molecule has 13 heteroatoms. The number of hydrogen-bond acceptors (Lipinski definition) is 7. The lowest BCUT2D eigenvalue weighted by molar-refractivity contribution is -0.141. The summed E-state index contributed by atoms with van der Waals surface area (Å²) in [6, 6.07) is 3.09. The lowest BCUT2D eigenvalue weighted by Gasteiger charge is -2.10. The van der Waals surface area contributed by atoms with Crippen LogP contribution in [0.5, 0.6) is 0 Å². The van der Waals surface area contributed by atoms with Gasteiger partial charge in [0.1, 0.15) is 15.7 Å². The fourth-order valence-corrected chi connectivity index (χ4v) is 3.56. The number of hydrogen-bond donors (Lipinski definition) is 2. The molecule has 0 saturated heterocycles. The van der Waals surface area contributed by atoms with Crippen LogP contribution in [-0.2, 0) is 16.0 Å². The number of nitrogens with one attached hydrogen (secondary N) is 1. The van der Waals surface area contributed by atoms with Gasteiger partial charge in [-0.3, -0.25) is 15.7 Å². The quantitative estimate of drug-likeness (QED) is 0.623. The molecule has 8 nitrogen and oxygen atoms in total. The van der Waals surface area contributed by atoms with Gasteiger partial charge in [0.05, 0.1) is 16.7 Å². The number of halogens is 4. The Kier molecular flexibility index (Phi) is 4.74. The molecule has 3 aromatic heterocycles. The fraction of sp³-hybridized carbons (Fsp3) is 0.214. The molecule has 0 saturated carbocycles. The molecule has 0 spiro atoms. The number of pyridine rings is 2. The maximum absolute atomic E-state index is 12.9. The van der Waals surface area contributed by atoms with E-state index in [0.29, 0.717) is 6.07 Å². The molecule has 0 aliphatic rings. The standard InChI is InChI=1S/C14H11ClF3N5O3S/c1-2-27(25,26)9-3-4-11(22-24)20-13(9)23-12(15)7-6-19-10(14(16,17)18)5-8(7)21-23/h3-6,24H,2H2,1H3,(H,20,22). The summed E-state index contributed by atoms with van der Waals surface area (Å²) in [6.45, 7) is 1.41. The Morgan fingerprint density at radius 2 is 2.04 bits per heavy atom. The molecule has 0 bridgehead atoms. The van der Waals surface area contributed by atoms with Crippen molar-refractivity contribution >= 4 is 38.2 Å². The van der Waals surface area contributed by atoms with Crippen molar-refractivity contribution in [1.82, 2.24) is 19.7 Å². The third-order valence-electron chi connectivity index (χ3n) is 3.66. The number of fused-ring (bicyclic) bond motifs is 1. The van der Waals surface area contributed by atoms with Gasteiger partial charge in [0.15, 0.2) is 21.5 Å². The Morgan fingerprint density at radius 1 is 1.33 bits per heavy atom. The Hall–Kier alpha value is -2.44. The predicted octanol–water partition coefficient (Wildman–Crippen LogP) is 3.08. The van der Waals surface area contributed by atoms with E-state index in [0.717, 1.165) is 10.9 Å². The van der Waals surface area contributed by atoms with Crippen LogP contribution in [0.2, 0.25) is 5.15 Å². The summed E-state index contributed by atoms with van der Waals surface area (Å²) in [5.41, 5.74) is 0.448. The second-order valence-electron chi connectivity index (χ2n) is 5.32. The van der Waals surface area contributed by atoms with Gasteiger partial charge in [-0.2, -0.15) is 18.3 Å². The highest BCUT2D eigenvalue weighted by molar-refractivity contribution is 7.91. The fourth-order valence-electron chi connectivity index (χ4n) is 2.30. The molecule has 0 unspecified atom stereocenters. The van der Waals surface area contributed by atoms with Crippen LogP contribution in [-0.4, -0.2) is 39.1 Å². The summed E-state index contributed by atoms with van der Waals surface area (Å²) in [5.74, 6) is -0.637. The van der Waals surface area contributed by atoms with E-state index in [1.54, 1.807) is 5.48 Å². The van der Waals surface area contributed by atoms with Crippen LogP contribution in [0.1, 0.15) is 12.6 Å². The first-order valence-corrected chi connectivity index (χ1v) is 9.37. The Balaban J connectivity index is 2.30. The molecule has 0 aliphatic heterocycles. The van der Waals surface area contributed by atoms with Crippen molar-refractivity contribution in [2.75, 3.05) is 11.2 Å². The molecule has 3 rings (SSSR count). The van der Waals surface area contributed by atoms with Gasteiger partial charge in [0.25, 0.3) is 0 Å². The van der Waals surface area contributed by atoms with Gasteiger partial charge in [0.2, 0.25) is 0 Å². The highest BCUT2D eigenvalue weighted by Gasteiger charge is 2.33. The van der Waals surface area contributed by atoms with Gasteiger partial charge in [-0.25, -0.2) is 18.1 Å². The van der Waals surface area contributed by atoms with E-state index >= 15 is 0 Å². The third-order valence-corrected chi connectivity index (χ3v) is 5.77. The summed E-state index contributed by atoms with van der Waals surface area (Å²) >= 11 is 6.18. The number of anilines is 1. The monoisotopic (exact) mass is 421 g/mol. The number of rotatable bonds is 4. The van der Waals surface area contributed by atoms with Crippen molar-refractivity contribution in [1.29, 1.82) is 0 Å². The molecule has 0 amide bonds. The third kappa shape index (κ3) is 3.42. The summed E-state index contributed by atoms with van der Waals surface area (Å²) in [4.78, 5) is 7.00. The molecule has 0 radical (unpaired) electrons. The van der Waals surface area contributed by atoms with E-state index in [4.69, 9.17) is 16.8 Å². The van der Waals surface area contributed by atoms with Crippen molar-refractivity contribution < 1.29 is 26.8 Å². The normalized spacial score (nSPS) is 12.5. The van der Waals surface area contributed by atoms with Crippen LogP contribution < -0.4 is 5.48 Å². The van der Waals surface area contributed by atoms with E-state index in [-0.39, 0.29) is 38.3 Å². The van der Waals surface area contributed by atoms with E-state index in [1.165, 1.54) is 19.1 Å².